The van der Waals surface area contributed by atoms with Crippen LogP contribution in [0.3, 0.4) is 0 Å². The molecule has 2 aromatic rings. The smallest absolute Gasteiger partial charge is 0.302 e. The van der Waals surface area contributed by atoms with Crippen molar-refractivity contribution < 1.29 is 9.53 Å². The van der Waals surface area contributed by atoms with E-state index in [0.717, 1.165) is 37.5 Å². The molecule has 0 bridgehead atoms. The number of fused-ring (bicyclic) bond motifs is 7. The predicted octanol–water partition coefficient (Wildman–Crippen LogP) is 5.78. The van der Waals surface area contributed by atoms with Gasteiger partial charge in [-0.05, 0) is 79.4 Å². The Hall–Kier alpha value is -2.36. The van der Waals surface area contributed by atoms with Crippen molar-refractivity contribution in [1.29, 1.82) is 0 Å². The van der Waals surface area contributed by atoms with E-state index in [2.05, 4.69) is 61.1 Å². The van der Waals surface area contributed by atoms with E-state index < -0.39 is 0 Å². The van der Waals surface area contributed by atoms with Gasteiger partial charge in [0.15, 0.2) is 0 Å². The van der Waals surface area contributed by atoms with E-state index >= 15 is 0 Å². The third-order valence-corrected chi connectivity index (χ3v) is 9.61. The zero-order valence-electron chi connectivity index (χ0n) is 19.5. The molecular formula is C28H34N2O2. The zero-order valence-corrected chi connectivity index (χ0v) is 19.5. The van der Waals surface area contributed by atoms with Gasteiger partial charge in [0.05, 0.1) is 17.6 Å². The molecule has 0 spiro atoms. The first-order valence-electron chi connectivity index (χ1n) is 12.4. The van der Waals surface area contributed by atoms with Gasteiger partial charge in [0.1, 0.15) is 6.10 Å². The Kier molecular flexibility index (Phi) is 4.48. The Bertz CT molecular complexity index is 1090. The number of benzene rings is 1. The number of para-hydroxylation sites is 1. The average Bonchev–Trinajstić information content (AvgIpc) is 3.32. The highest BCUT2D eigenvalue weighted by molar-refractivity contribution is 5.66. The largest absolute Gasteiger partial charge is 0.462 e. The Morgan fingerprint density at radius 2 is 1.84 bits per heavy atom. The maximum atomic E-state index is 11.5. The standard InChI is InChI=1S/C28H34N2O2/c1-18(31)32-22-11-13-27(2)20(16-22)9-10-23-24(27)12-14-28(3)25(23)15-19-17-29-30(26(19)28)21-7-5-4-6-8-21/h4-9,17,22-25H,10-16H2,1-3H3/t22-,23+,24-,25-,27-,28-/m0/s1. The maximum Gasteiger partial charge on any atom is 0.302 e. The first-order valence-corrected chi connectivity index (χ1v) is 12.4. The number of esters is 1. The SMILES string of the molecule is CC(=O)O[C@H]1CC[C@@]2(C)C(=CC[C@@H]3[C@@H]2CC[C@]2(C)c4c(cnn4-c4ccccc4)C[C@@H]32)C1. The van der Waals surface area contributed by atoms with E-state index in [1.54, 1.807) is 5.57 Å². The zero-order chi connectivity index (χ0) is 22.1. The molecule has 1 aromatic carbocycles. The normalized spacial score (nSPS) is 37.5. The summed E-state index contributed by atoms with van der Waals surface area (Å²) in [5, 5.41) is 4.82. The molecule has 0 unspecified atom stereocenters. The molecule has 4 heteroatoms. The first kappa shape index (κ1) is 20.3. The molecule has 6 atom stereocenters. The van der Waals surface area contributed by atoms with Crippen LogP contribution in [0.2, 0.25) is 0 Å². The average molecular weight is 431 g/mol. The van der Waals surface area contributed by atoms with Crippen LogP contribution in [-0.4, -0.2) is 21.9 Å². The fourth-order valence-corrected chi connectivity index (χ4v) is 8.10. The van der Waals surface area contributed by atoms with Crippen molar-refractivity contribution in [3.63, 3.8) is 0 Å². The number of carbonyl (C=O) groups excluding carboxylic acids is 1. The summed E-state index contributed by atoms with van der Waals surface area (Å²) in [7, 11) is 0. The van der Waals surface area contributed by atoms with Crippen molar-refractivity contribution >= 4 is 5.97 Å². The highest BCUT2D eigenvalue weighted by Gasteiger charge is 2.58. The lowest BCUT2D eigenvalue weighted by Crippen LogP contribution is -2.51. The number of aromatic nitrogens is 2. The molecular weight excluding hydrogens is 396 g/mol. The van der Waals surface area contributed by atoms with Crippen LogP contribution in [0.25, 0.3) is 5.69 Å². The predicted molar refractivity (Wildman–Crippen MR) is 125 cm³/mol. The summed E-state index contributed by atoms with van der Waals surface area (Å²) in [6.07, 6.45) is 12.7. The van der Waals surface area contributed by atoms with Crippen molar-refractivity contribution in [2.45, 2.75) is 77.2 Å². The van der Waals surface area contributed by atoms with Crippen LogP contribution in [0, 0.1) is 23.2 Å². The minimum Gasteiger partial charge on any atom is -0.462 e. The third-order valence-electron chi connectivity index (χ3n) is 9.61. The van der Waals surface area contributed by atoms with Gasteiger partial charge in [0.25, 0.3) is 0 Å². The van der Waals surface area contributed by atoms with Gasteiger partial charge >= 0.3 is 5.97 Å². The van der Waals surface area contributed by atoms with Gasteiger partial charge in [-0.15, -0.1) is 0 Å². The summed E-state index contributed by atoms with van der Waals surface area (Å²) in [5.74, 6) is 2.01. The molecule has 32 heavy (non-hydrogen) atoms. The molecule has 1 aromatic heterocycles. The molecule has 0 N–H and O–H groups in total. The maximum absolute atomic E-state index is 11.5. The molecule has 4 nitrogen and oxygen atoms in total. The van der Waals surface area contributed by atoms with Crippen molar-refractivity contribution in [2.24, 2.45) is 23.2 Å². The molecule has 0 radical (unpaired) electrons. The van der Waals surface area contributed by atoms with Crippen LogP contribution in [0.15, 0.2) is 48.2 Å². The molecule has 0 amide bonds. The summed E-state index contributed by atoms with van der Waals surface area (Å²) in [6.45, 7) is 6.56. The van der Waals surface area contributed by atoms with Gasteiger partial charge in [-0.2, -0.15) is 5.10 Å². The Balaban J connectivity index is 1.32. The molecule has 2 fully saturated rings. The molecule has 6 rings (SSSR count). The van der Waals surface area contributed by atoms with Gasteiger partial charge in [-0.3, -0.25) is 4.79 Å². The Morgan fingerprint density at radius 3 is 2.62 bits per heavy atom. The van der Waals surface area contributed by atoms with Crippen molar-refractivity contribution in [3.05, 3.63) is 59.4 Å². The number of nitrogens with zero attached hydrogens (tertiary/aromatic N) is 2. The summed E-state index contributed by atoms with van der Waals surface area (Å²) in [6, 6.07) is 10.6. The minimum absolute atomic E-state index is 0.0739. The second-order valence-electron chi connectivity index (χ2n) is 11.2. The van der Waals surface area contributed by atoms with Crippen LogP contribution in [0.1, 0.15) is 70.6 Å². The molecule has 0 aliphatic heterocycles. The van der Waals surface area contributed by atoms with Gasteiger partial charge < -0.3 is 4.74 Å². The van der Waals surface area contributed by atoms with Crippen molar-refractivity contribution in [1.82, 2.24) is 9.78 Å². The minimum atomic E-state index is -0.141. The van der Waals surface area contributed by atoms with E-state index in [4.69, 9.17) is 9.84 Å². The Labute approximate surface area is 191 Å². The highest BCUT2D eigenvalue weighted by Crippen LogP contribution is 2.64. The fraction of sp³-hybridized carbons (Fsp3) is 0.571. The number of rotatable bonds is 2. The topological polar surface area (TPSA) is 44.1 Å². The molecule has 4 aliphatic rings. The van der Waals surface area contributed by atoms with Gasteiger partial charge in [-0.1, -0.05) is 43.7 Å². The van der Waals surface area contributed by atoms with E-state index in [-0.39, 0.29) is 22.9 Å². The fourth-order valence-electron chi connectivity index (χ4n) is 8.10. The molecule has 168 valence electrons. The molecule has 4 aliphatic carbocycles. The number of carbonyl (C=O) groups is 1. The summed E-state index contributed by atoms with van der Waals surface area (Å²) < 4.78 is 7.83. The lowest BCUT2D eigenvalue weighted by Gasteiger charge is -2.57. The lowest BCUT2D eigenvalue weighted by molar-refractivity contribution is -0.148. The van der Waals surface area contributed by atoms with Crippen LogP contribution in [0.4, 0.5) is 0 Å². The highest BCUT2D eigenvalue weighted by atomic mass is 16.5. The van der Waals surface area contributed by atoms with Crippen LogP contribution in [0.5, 0.6) is 0 Å². The van der Waals surface area contributed by atoms with Crippen LogP contribution in [-0.2, 0) is 21.4 Å². The monoisotopic (exact) mass is 430 g/mol. The number of ether oxygens (including phenoxy) is 1. The first-order chi connectivity index (χ1) is 15.4. The van der Waals surface area contributed by atoms with Gasteiger partial charge in [0, 0.05) is 18.8 Å². The van der Waals surface area contributed by atoms with Crippen molar-refractivity contribution in [3.8, 4) is 5.69 Å². The Morgan fingerprint density at radius 1 is 1.06 bits per heavy atom. The number of hydrogen-bond donors (Lipinski definition) is 0. The van der Waals surface area contributed by atoms with Crippen molar-refractivity contribution in [2.75, 3.05) is 0 Å². The lowest BCUT2D eigenvalue weighted by atomic mass is 9.48. The molecule has 0 saturated heterocycles. The van der Waals surface area contributed by atoms with E-state index in [0.29, 0.717) is 5.92 Å². The van der Waals surface area contributed by atoms with Crippen LogP contribution >= 0.6 is 0 Å². The second-order valence-corrected chi connectivity index (χ2v) is 11.2. The summed E-state index contributed by atoms with van der Waals surface area (Å²) in [4.78, 5) is 11.5. The number of hydrogen-bond acceptors (Lipinski definition) is 3. The number of allylic oxidation sites excluding steroid dienone is 1. The van der Waals surface area contributed by atoms with E-state index in [9.17, 15) is 4.79 Å². The second kappa shape index (κ2) is 7.07. The van der Waals surface area contributed by atoms with E-state index in [1.807, 2.05) is 0 Å². The third kappa shape index (κ3) is 2.80. The van der Waals surface area contributed by atoms with Gasteiger partial charge in [-0.25, -0.2) is 4.68 Å². The molecule has 2 saturated carbocycles. The van der Waals surface area contributed by atoms with Gasteiger partial charge in [0.2, 0.25) is 0 Å². The van der Waals surface area contributed by atoms with Crippen LogP contribution < -0.4 is 0 Å². The van der Waals surface area contributed by atoms with E-state index in [1.165, 1.54) is 43.1 Å². The summed E-state index contributed by atoms with van der Waals surface area (Å²) in [5.41, 5.74) is 6.12. The summed E-state index contributed by atoms with van der Waals surface area (Å²) >= 11 is 0. The quantitative estimate of drug-likeness (QED) is 0.448. The molecule has 1 heterocycles.